The quantitative estimate of drug-likeness (QED) is 0.716. The van der Waals surface area contributed by atoms with Crippen molar-refractivity contribution in [1.82, 2.24) is 9.55 Å². The van der Waals surface area contributed by atoms with Crippen LogP contribution in [0.3, 0.4) is 0 Å². The highest BCUT2D eigenvalue weighted by molar-refractivity contribution is 5.31. The van der Waals surface area contributed by atoms with E-state index < -0.39 is 0 Å². The predicted octanol–water partition coefficient (Wildman–Crippen LogP) is 1.25. The monoisotopic (exact) mass is 193 g/mol. The number of rotatable bonds is 5. The van der Waals surface area contributed by atoms with E-state index in [0.717, 1.165) is 13.0 Å². The van der Waals surface area contributed by atoms with Crippen LogP contribution in [0.15, 0.2) is 29.8 Å². The second kappa shape index (κ2) is 5.21. The third-order valence-electron chi connectivity index (χ3n) is 1.79. The Hall–Kier alpha value is -1.58. The lowest BCUT2D eigenvalue weighted by Crippen LogP contribution is -2.24. The third-order valence-corrected chi connectivity index (χ3v) is 1.79. The Morgan fingerprint density at radius 2 is 2.50 bits per heavy atom. The van der Waals surface area contributed by atoms with Crippen LogP contribution in [0, 0.1) is 0 Å². The summed E-state index contributed by atoms with van der Waals surface area (Å²) >= 11 is 0. The van der Waals surface area contributed by atoms with E-state index in [4.69, 9.17) is 0 Å². The SMILES string of the molecule is C=CCNc1nccn(CCC)c1=O. The second-order valence-corrected chi connectivity index (χ2v) is 2.94. The van der Waals surface area contributed by atoms with Crippen molar-refractivity contribution in [3.05, 3.63) is 35.4 Å². The topological polar surface area (TPSA) is 46.9 Å². The van der Waals surface area contributed by atoms with E-state index in [2.05, 4.69) is 16.9 Å². The van der Waals surface area contributed by atoms with Crippen molar-refractivity contribution in [3.63, 3.8) is 0 Å². The maximum absolute atomic E-state index is 11.7. The highest BCUT2D eigenvalue weighted by atomic mass is 16.1. The number of nitrogens with one attached hydrogen (secondary N) is 1. The molecule has 76 valence electrons. The highest BCUT2D eigenvalue weighted by Gasteiger charge is 2.01. The van der Waals surface area contributed by atoms with E-state index in [-0.39, 0.29) is 5.56 Å². The van der Waals surface area contributed by atoms with Crippen molar-refractivity contribution < 1.29 is 0 Å². The molecular weight excluding hydrogens is 178 g/mol. The van der Waals surface area contributed by atoms with Crippen LogP contribution in [0.2, 0.25) is 0 Å². The van der Waals surface area contributed by atoms with Gasteiger partial charge in [0.05, 0.1) is 0 Å². The van der Waals surface area contributed by atoms with Gasteiger partial charge in [-0.2, -0.15) is 0 Å². The first-order valence-electron chi connectivity index (χ1n) is 4.69. The van der Waals surface area contributed by atoms with Crippen LogP contribution < -0.4 is 10.9 Å². The van der Waals surface area contributed by atoms with E-state index in [1.54, 1.807) is 23.0 Å². The lowest BCUT2D eigenvalue weighted by atomic mass is 10.4. The Morgan fingerprint density at radius 1 is 1.71 bits per heavy atom. The van der Waals surface area contributed by atoms with Crippen LogP contribution in [-0.2, 0) is 6.54 Å². The molecule has 4 nitrogen and oxygen atoms in total. The number of aryl methyl sites for hydroxylation is 1. The van der Waals surface area contributed by atoms with Gasteiger partial charge in [-0.25, -0.2) is 4.98 Å². The molecule has 1 heterocycles. The number of aromatic nitrogens is 2. The molecule has 0 saturated carbocycles. The molecule has 0 aliphatic rings. The normalized spacial score (nSPS) is 9.79. The molecule has 1 aromatic rings. The Balaban J connectivity index is 2.89. The van der Waals surface area contributed by atoms with Crippen molar-refractivity contribution in [2.45, 2.75) is 19.9 Å². The standard InChI is InChI=1S/C10H15N3O/c1-3-5-11-9-10(14)13(7-4-2)8-6-12-9/h3,6,8H,1,4-5,7H2,2H3,(H,11,12). The summed E-state index contributed by atoms with van der Waals surface area (Å²) in [4.78, 5) is 15.6. The molecule has 0 bridgehead atoms. The summed E-state index contributed by atoms with van der Waals surface area (Å²) in [6.07, 6.45) is 5.95. The largest absolute Gasteiger partial charge is 0.362 e. The van der Waals surface area contributed by atoms with Crippen LogP contribution in [-0.4, -0.2) is 16.1 Å². The van der Waals surface area contributed by atoms with Gasteiger partial charge < -0.3 is 9.88 Å². The molecule has 1 aromatic heterocycles. The molecule has 0 aliphatic carbocycles. The minimum absolute atomic E-state index is 0.0730. The molecule has 1 N–H and O–H groups in total. The highest BCUT2D eigenvalue weighted by Crippen LogP contribution is 1.93. The van der Waals surface area contributed by atoms with Crippen molar-refractivity contribution in [2.75, 3.05) is 11.9 Å². The van der Waals surface area contributed by atoms with Gasteiger partial charge in [0.25, 0.3) is 5.56 Å². The van der Waals surface area contributed by atoms with Crippen LogP contribution in [0.25, 0.3) is 0 Å². The zero-order valence-corrected chi connectivity index (χ0v) is 8.36. The fourth-order valence-corrected chi connectivity index (χ4v) is 1.15. The van der Waals surface area contributed by atoms with Gasteiger partial charge in [-0.3, -0.25) is 4.79 Å². The number of hydrogen-bond donors (Lipinski definition) is 1. The van der Waals surface area contributed by atoms with Gasteiger partial charge in [-0.15, -0.1) is 6.58 Å². The van der Waals surface area contributed by atoms with Crippen molar-refractivity contribution >= 4 is 5.82 Å². The van der Waals surface area contributed by atoms with Crippen LogP contribution in [0.1, 0.15) is 13.3 Å². The fourth-order valence-electron chi connectivity index (χ4n) is 1.15. The Kier molecular flexibility index (Phi) is 3.91. The third kappa shape index (κ3) is 2.45. The molecular formula is C10H15N3O. The van der Waals surface area contributed by atoms with Crippen molar-refractivity contribution in [1.29, 1.82) is 0 Å². The number of hydrogen-bond acceptors (Lipinski definition) is 3. The molecule has 0 radical (unpaired) electrons. The predicted molar refractivity (Wildman–Crippen MR) is 57.5 cm³/mol. The summed E-state index contributed by atoms with van der Waals surface area (Å²) < 4.78 is 1.65. The summed E-state index contributed by atoms with van der Waals surface area (Å²) in [5.74, 6) is 0.390. The minimum atomic E-state index is -0.0730. The molecule has 0 unspecified atom stereocenters. The molecule has 0 atom stereocenters. The van der Waals surface area contributed by atoms with E-state index in [1.165, 1.54) is 0 Å². The summed E-state index contributed by atoms with van der Waals surface area (Å²) in [6, 6.07) is 0. The lowest BCUT2D eigenvalue weighted by molar-refractivity contribution is 0.650. The smallest absolute Gasteiger partial charge is 0.293 e. The zero-order valence-electron chi connectivity index (χ0n) is 8.36. The molecule has 0 amide bonds. The van der Waals surface area contributed by atoms with Gasteiger partial charge in [0.1, 0.15) is 0 Å². The van der Waals surface area contributed by atoms with Crippen LogP contribution in [0.5, 0.6) is 0 Å². The molecule has 0 fully saturated rings. The van der Waals surface area contributed by atoms with Gasteiger partial charge >= 0.3 is 0 Å². The van der Waals surface area contributed by atoms with Gasteiger partial charge in [0.2, 0.25) is 0 Å². The molecule has 4 heteroatoms. The number of nitrogens with zero attached hydrogens (tertiary/aromatic N) is 2. The Labute approximate surface area is 83.3 Å². The molecule has 14 heavy (non-hydrogen) atoms. The lowest BCUT2D eigenvalue weighted by Gasteiger charge is -2.06. The van der Waals surface area contributed by atoms with Crippen molar-refractivity contribution in [3.8, 4) is 0 Å². The first-order chi connectivity index (χ1) is 6.79. The summed E-state index contributed by atoms with van der Waals surface area (Å²) in [5, 5.41) is 2.90. The average Bonchev–Trinajstić information content (AvgIpc) is 2.20. The number of anilines is 1. The molecule has 0 spiro atoms. The summed E-state index contributed by atoms with van der Waals surface area (Å²) in [6.45, 7) is 6.88. The Bertz CT molecular complexity index is 357. The maximum atomic E-state index is 11.7. The first-order valence-corrected chi connectivity index (χ1v) is 4.69. The first kappa shape index (κ1) is 10.5. The fraction of sp³-hybridized carbons (Fsp3) is 0.400. The average molecular weight is 193 g/mol. The molecule has 0 saturated heterocycles. The van der Waals surface area contributed by atoms with Crippen molar-refractivity contribution in [2.24, 2.45) is 0 Å². The van der Waals surface area contributed by atoms with E-state index >= 15 is 0 Å². The van der Waals surface area contributed by atoms with E-state index in [1.807, 2.05) is 6.92 Å². The Morgan fingerprint density at radius 3 is 3.14 bits per heavy atom. The van der Waals surface area contributed by atoms with Gasteiger partial charge in [-0.1, -0.05) is 13.0 Å². The minimum Gasteiger partial charge on any atom is -0.362 e. The van der Waals surface area contributed by atoms with Gasteiger partial charge in [-0.05, 0) is 6.42 Å². The summed E-state index contributed by atoms with van der Waals surface area (Å²) in [5.41, 5.74) is -0.0730. The molecule has 0 aromatic carbocycles. The van der Waals surface area contributed by atoms with Crippen LogP contribution in [0.4, 0.5) is 5.82 Å². The molecule has 0 aliphatic heterocycles. The maximum Gasteiger partial charge on any atom is 0.293 e. The zero-order chi connectivity index (χ0) is 10.4. The van der Waals surface area contributed by atoms with E-state index in [0.29, 0.717) is 12.4 Å². The summed E-state index contributed by atoms with van der Waals surface area (Å²) in [7, 11) is 0. The van der Waals surface area contributed by atoms with E-state index in [9.17, 15) is 4.79 Å². The van der Waals surface area contributed by atoms with Crippen LogP contribution >= 0.6 is 0 Å². The van der Waals surface area contributed by atoms with Gasteiger partial charge in [0, 0.05) is 25.5 Å². The second-order valence-electron chi connectivity index (χ2n) is 2.94. The van der Waals surface area contributed by atoms with Gasteiger partial charge in [0.15, 0.2) is 5.82 Å². The molecule has 1 rings (SSSR count).